The molecule has 0 spiro atoms. The van der Waals surface area contributed by atoms with Gasteiger partial charge in [-0.2, -0.15) is 4.31 Å². The Morgan fingerprint density at radius 2 is 1.97 bits per heavy atom. The Balaban J connectivity index is 1.53. The average Bonchev–Trinajstić information content (AvgIpc) is 3.26. The molecule has 4 rings (SSSR count). The molecule has 2 amide bonds. The van der Waals surface area contributed by atoms with E-state index in [2.05, 4.69) is 10.6 Å². The van der Waals surface area contributed by atoms with E-state index in [-0.39, 0.29) is 35.2 Å². The van der Waals surface area contributed by atoms with Gasteiger partial charge >= 0.3 is 0 Å². The van der Waals surface area contributed by atoms with Crippen molar-refractivity contribution in [3.05, 3.63) is 17.7 Å². The largest absolute Gasteiger partial charge is 0.478 e. The Morgan fingerprint density at radius 3 is 2.68 bits per heavy atom. The van der Waals surface area contributed by atoms with Crippen molar-refractivity contribution >= 4 is 27.5 Å². The SMILES string of the molecule is CCC1Oc2cc(S(=O)(=O)N3CCCC(C(=O)NC4CCCC4)C3)c(C)cc2NC1=O. The highest BCUT2D eigenvalue weighted by Gasteiger charge is 2.36. The summed E-state index contributed by atoms with van der Waals surface area (Å²) in [5.74, 6) is -0.229. The molecule has 1 aromatic rings. The van der Waals surface area contributed by atoms with Crippen molar-refractivity contribution in [3.8, 4) is 5.75 Å². The van der Waals surface area contributed by atoms with E-state index in [0.717, 1.165) is 25.7 Å². The summed E-state index contributed by atoms with van der Waals surface area (Å²) in [5, 5.41) is 5.90. The van der Waals surface area contributed by atoms with Gasteiger partial charge in [0.05, 0.1) is 16.5 Å². The van der Waals surface area contributed by atoms with E-state index in [9.17, 15) is 18.0 Å². The highest BCUT2D eigenvalue weighted by atomic mass is 32.2. The minimum absolute atomic E-state index is 0.0363. The average molecular weight is 450 g/mol. The second kappa shape index (κ2) is 8.78. The quantitative estimate of drug-likeness (QED) is 0.719. The molecule has 9 heteroatoms. The van der Waals surface area contributed by atoms with Gasteiger partial charge in [0, 0.05) is 25.2 Å². The number of sulfonamides is 1. The maximum absolute atomic E-state index is 13.5. The Labute approximate surface area is 183 Å². The van der Waals surface area contributed by atoms with Crippen molar-refractivity contribution < 1.29 is 22.7 Å². The van der Waals surface area contributed by atoms with Crippen LogP contribution in [0, 0.1) is 12.8 Å². The summed E-state index contributed by atoms with van der Waals surface area (Å²) >= 11 is 0. The number of nitrogens with one attached hydrogen (secondary N) is 2. The highest BCUT2D eigenvalue weighted by Crippen LogP contribution is 2.36. The number of piperidine rings is 1. The molecule has 0 radical (unpaired) electrons. The number of carbonyl (C=O) groups excluding carboxylic acids is 2. The Kier molecular flexibility index (Phi) is 6.25. The van der Waals surface area contributed by atoms with Crippen LogP contribution in [-0.2, 0) is 19.6 Å². The number of benzene rings is 1. The molecule has 2 unspecified atom stereocenters. The van der Waals surface area contributed by atoms with E-state index >= 15 is 0 Å². The molecule has 2 atom stereocenters. The topological polar surface area (TPSA) is 105 Å². The monoisotopic (exact) mass is 449 g/mol. The van der Waals surface area contributed by atoms with Crippen molar-refractivity contribution in [2.24, 2.45) is 5.92 Å². The van der Waals surface area contributed by atoms with Crippen LogP contribution < -0.4 is 15.4 Å². The summed E-state index contributed by atoms with van der Waals surface area (Å²) in [5.41, 5.74) is 1.02. The van der Waals surface area contributed by atoms with E-state index in [0.29, 0.717) is 42.8 Å². The Morgan fingerprint density at radius 1 is 1.23 bits per heavy atom. The zero-order valence-electron chi connectivity index (χ0n) is 18.1. The predicted molar refractivity (Wildman–Crippen MR) is 116 cm³/mol. The minimum atomic E-state index is -3.80. The fourth-order valence-corrected chi connectivity index (χ4v) is 6.48. The second-order valence-electron chi connectivity index (χ2n) is 8.81. The fraction of sp³-hybridized carbons (Fsp3) is 0.636. The van der Waals surface area contributed by atoms with Crippen molar-refractivity contribution in [2.75, 3.05) is 18.4 Å². The highest BCUT2D eigenvalue weighted by molar-refractivity contribution is 7.89. The van der Waals surface area contributed by atoms with Crippen LogP contribution in [0.1, 0.15) is 57.4 Å². The molecule has 1 aliphatic carbocycles. The molecule has 1 saturated carbocycles. The van der Waals surface area contributed by atoms with E-state index in [1.807, 2.05) is 6.92 Å². The zero-order chi connectivity index (χ0) is 22.2. The third-order valence-corrected chi connectivity index (χ3v) is 8.55. The summed E-state index contributed by atoms with van der Waals surface area (Å²) in [6.07, 6.45) is 5.48. The van der Waals surface area contributed by atoms with E-state index < -0.39 is 16.1 Å². The lowest BCUT2D eigenvalue weighted by atomic mass is 9.98. The van der Waals surface area contributed by atoms with Crippen molar-refractivity contribution in [2.45, 2.75) is 75.8 Å². The molecule has 2 heterocycles. The molecule has 1 aromatic carbocycles. The molecule has 0 aromatic heterocycles. The van der Waals surface area contributed by atoms with Gasteiger partial charge in [-0.25, -0.2) is 8.42 Å². The fourth-order valence-electron chi connectivity index (χ4n) is 4.73. The first-order valence-corrected chi connectivity index (χ1v) is 12.7. The number of hydrogen-bond acceptors (Lipinski definition) is 5. The molecule has 170 valence electrons. The zero-order valence-corrected chi connectivity index (χ0v) is 19.0. The third-order valence-electron chi connectivity index (χ3n) is 6.54. The van der Waals surface area contributed by atoms with E-state index in [1.54, 1.807) is 13.0 Å². The molecule has 2 aliphatic heterocycles. The summed E-state index contributed by atoms with van der Waals surface area (Å²) in [7, 11) is -3.80. The summed E-state index contributed by atoms with van der Waals surface area (Å²) in [6, 6.07) is 3.37. The van der Waals surface area contributed by atoms with Gasteiger partial charge in [-0.05, 0) is 50.7 Å². The molecular formula is C22H31N3O5S. The standard InChI is InChI=1S/C22H31N3O5S/c1-3-18-22(27)24-17-11-14(2)20(12-19(17)30-18)31(28,29)25-10-6-7-15(13-25)21(26)23-16-8-4-5-9-16/h11-12,15-16,18H,3-10,13H2,1-2H3,(H,23,26)(H,24,27). The first-order valence-electron chi connectivity index (χ1n) is 11.2. The molecule has 8 nitrogen and oxygen atoms in total. The second-order valence-corrected chi connectivity index (χ2v) is 10.7. The van der Waals surface area contributed by atoms with Gasteiger partial charge in [0.15, 0.2) is 6.10 Å². The number of ether oxygens (including phenoxy) is 1. The summed E-state index contributed by atoms with van der Waals surface area (Å²) < 4.78 is 34.1. The molecule has 1 saturated heterocycles. The van der Waals surface area contributed by atoms with Gasteiger partial charge < -0.3 is 15.4 Å². The Hall–Kier alpha value is -2.13. The van der Waals surface area contributed by atoms with Crippen LogP contribution in [0.3, 0.4) is 0 Å². The molecule has 2 N–H and O–H groups in total. The van der Waals surface area contributed by atoms with Crippen molar-refractivity contribution in [3.63, 3.8) is 0 Å². The maximum Gasteiger partial charge on any atom is 0.265 e. The number of hydrogen-bond donors (Lipinski definition) is 2. The molecular weight excluding hydrogens is 418 g/mol. The van der Waals surface area contributed by atoms with Crippen LogP contribution in [0.25, 0.3) is 0 Å². The Bertz CT molecular complexity index is 972. The number of anilines is 1. The van der Waals surface area contributed by atoms with E-state index in [1.165, 1.54) is 10.4 Å². The van der Waals surface area contributed by atoms with Crippen molar-refractivity contribution in [1.29, 1.82) is 0 Å². The number of carbonyl (C=O) groups is 2. The smallest absolute Gasteiger partial charge is 0.265 e. The summed E-state index contributed by atoms with van der Waals surface area (Å²) in [6.45, 7) is 4.12. The number of nitrogens with zero attached hydrogens (tertiary/aromatic N) is 1. The van der Waals surface area contributed by atoms with Gasteiger partial charge in [0.2, 0.25) is 15.9 Å². The van der Waals surface area contributed by atoms with Crippen LogP contribution in [-0.4, -0.2) is 49.8 Å². The van der Waals surface area contributed by atoms with Gasteiger partial charge in [-0.15, -0.1) is 0 Å². The number of rotatable bonds is 5. The molecule has 2 fully saturated rings. The van der Waals surface area contributed by atoms with Crippen molar-refractivity contribution in [1.82, 2.24) is 9.62 Å². The van der Waals surface area contributed by atoms with E-state index in [4.69, 9.17) is 4.74 Å². The van der Waals surface area contributed by atoms with Gasteiger partial charge in [-0.3, -0.25) is 9.59 Å². The van der Waals surface area contributed by atoms with Crippen LogP contribution in [0.5, 0.6) is 5.75 Å². The number of amides is 2. The normalized spacial score (nSPS) is 24.9. The van der Waals surface area contributed by atoms with Gasteiger partial charge in [0.25, 0.3) is 5.91 Å². The number of fused-ring (bicyclic) bond motifs is 1. The van der Waals surface area contributed by atoms with Crippen LogP contribution in [0.4, 0.5) is 5.69 Å². The minimum Gasteiger partial charge on any atom is -0.478 e. The summed E-state index contributed by atoms with van der Waals surface area (Å²) in [4.78, 5) is 24.9. The lowest BCUT2D eigenvalue weighted by Crippen LogP contribution is -2.47. The maximum atomic E-state index is 13.5. The third kappa shape index (κ3) is 4.43. The van der Waals surface area contributed by atoms with Crippen LogP contribution in [0.2, 0.25) is 0 Å². The van der Waals surface area contributed by atoms with Gasteiger partial charge in [0.1, 0.15) is 5.75 Å². The number of aryl methyl sites for hydroxylation is 1. The first-order chi connectivity index (χ1) is 14.8. The molecule has 31 heavy (non-hydrogen) atoms. The molecule has 0 bridgehead atoms. The lowest BCUT2D eigenvalue weighted by Gasteiger charge is -2.33. The van der Waals surface area contributed by atoms with Gasteiger partial charge in [-0.1, -0.05) is 19.8 Å². The predicted octanol–water partition coefficient (Wildman–Crippen LogP) is 2.56. The lowest BCUT2D eigenvalue weighted by molar-refractivity contribution is -0.126. The van der Waals surface area contributed by atoms with Crippen LogP contribution in [0.15, 0.2) is 17.0 Å². The van der Waals surface area contributed by atoms with Crippen LogP contribution >= 0.6 is 0 Å². The molecule has 3 aliphatic rings. The first kappa shape index (κ1) is 22.1.